The fraction of sp³-hybridized carbons (Fsp3) is 1.00. The molecule has 2 nitrogen and oxygen atoms in total. The van der Waals surface area contributed by atoms with Gasteiger partial charge in [-0.05, 0) is 19.9 Å². The van der Waals surface area contributed by atoms with Gasteiger partial charge in [-0.2, -0.15) is 0 Å². The van der Waals surface area contributed by atoms with E-state index in [4.69, 9.17) is 0 Å². The maximum atomic E-state index is 3.44. The third-order valence-electron chi connectivity index (χ3n) is 3.44. The summed E-state index contributed by atoms with van der Waals surface area (Å²) in [5.74, 6) is 0. The molecule has 0 unspecified atom stereocenters. The van der Waals surface area contributed by atoms with Crippen molar-refractivity contribution in [1.29, 1.82) is 0 Å². The van der Waals surface area contributed by atoms with Gasteiger partial charge in [0.15, 0.2) is 0 Å². The van der Waals surface area contributed by atoms with E-state index in [1.165, 1.54) is 64.7 Å². The zero-order valence-electron chi connectivity index (χ0n) is 10.6. The van der Waals surface area contributed by atoms with Crippen LogP contribution in [0.4, 0.5) is 0 Å². The molecule has 0 aromatic heterocycles. The van der Waals surface area contributed by atoms with Gasteiger partial charge >= 0.3 is 0 Å². The van der Waals surface area contributed by atoms with Crippen LogP contribution in [0, 0.1) is 0 Å². The second-order valence-corrected chi connectivity index (χ2v) is 4.86. The zero-order chi connectivity index (χ0) is 10.9. The molecule has 0 aliphatic carbocycles. The van der Waals surface area contributed by atoms with Crippen LogP contribution < -0.4 is 5.32 Å². The third-order valence-corrected chi connectivity index (χ3v) is 3.44. The minimum atomic E-state index is 0.745. The van der Waals surface area contributed by atoms with Gasteiger partial charge in [0, 0.05) is 25.7 Å². The lowest BCUT2D eigenvalue weighted by Crippen LogP contribution is -2.49. The molecule has 1 fully saturated rings. The Morgan fingerprint density at radius 1 is 1.13 bits per heavy atom. The fourth-order valence-electron chi connectivity index (χ4n) is 2.31. The van der Waals surface area contributed by atoms with Gasteiger partial charge < -0.3 is 5.32 Å². The summed E-state index contributed by atoms with van der Waals surface area (Å²) in [6.45, 7) is 9.53. The lowest BCUT2D eigenvalue weighted by Gasteiger charge is -2.33. The number of hydrogen-bond acceptors (Lipinski definition) is 2. The molecule has 0 saturated carbocycles. The van der Waals surface area contributed by atoms with Crippen molar-refractivity contribution in [1.82, 2.24) is 10.2 Å². The molecule has 2 heteroatoms. The van der Waals surface area contributed by atoms with Crippen molar-refractivity contribution in [2.24, 2.45) is 0 Å². The summed E-state index contributed by atoms with van der Waals surface area (Å²) >= 11 is 0. The van der Waals surface area contributed by atoms with E-state index < -0.39 is 0 Å². The maximum Gasteiger partial charge on any atom is 0.0192 e. The van der Waals surface area contributed by atoms with Crippen LogP contribution in [0.2, 0.25) is 0 Å². The fourth-order valence-corrected chi connectivity index (χ4v) is 2.31. The van der Waals surface area contributed by atoms with Crippen LogP contribution in [-0.4, -0.2) is 37.1 Å². The summed E-state index contributed by atoms with van der Waals surface area (Å²) in [5, 5.41) is 3.44. The predicted octanol–water partition coefficient (Wildman–Crippen LogP) is 2.64. The maximum absolute atomic E-state index is 3.44. The molecule has 1 aliphatic rings. The molecule has 0 aromatic rings. The van der Waals surface area contributed by atoms with Crippen molar-refractivity contribution in [2.45, 2.75) is 58.4 Å². The Morgan fingerprint density at radius 3 is 2.60 bits per heavy atom. The van der Waals surface area contributed by atoms with Gasteiger partial charge in [-0.25, -0.2) is 0 Å². The smallest absolute Gasteiger partial charge is 0.0192 e. The van der Waals surface area contributed by atoms with Crippen LogP contribution >= 0.6 is 0 Å². The third kappa shape index (κ3) is 5.53. The van der Waals surface area contributed by atoms with Gasteiger partial charge in [-0.15, -0.1) is 0 Å². The lowest BCUT2D eigenvalue weighted by atomic mass is 10.1. The minimum absolute atomic E-state index is 0.745. The zero-order valence-corrected chi connectivity index (χ0v) is 10.6. The molecule has 1 rings (SSSR count). The molecule has 90 valence electrons. The molecule has 1 saturated heterocycles. The lowest BCUT2D eigenvalue weighted by molar-refractivity contribution is 0.170. The van der Waals surface area contributed by atoms with E-state index >= 15 is 0 Å². The molecule has 0 radical (unpaired) electrons. The summed E-state index contributed by atoms with van der Waals surface area (Å²) < 4.78 is 0. The molecule has 1 heterocycles. The summed E-state index contributed by atoms with van der Waals surface area (Å²) in [6.07, 6.45) is 8.48. The van der Waals surface area contributed by atoms with Crippen LogP contribution in [0.3, 0.4) is 0 Å². The monoisotopic (exact) mass is 212 g/mol. The molecule has 0 amide bonds. The first-order chi connectivity index (χ1) is 7.34. The van der Waals surface area contributed by atoms with Gasteiger partial charge in [-0.3, -0.25) is 4.90 Å². The summed E-state index contributed by atoms with van der Waals surface area (Å²) in [6, 6.07) is 0.745. The quantitative estimate of drug-likeness (QED) is 0.653. The Kier molecular flexibility index (Phi) is 7.03. The van der Waals surface area contributed by atoms with Gasteiger partial charge in [-0.1, -0.05) is 39.0 Å². The Hall–Kier alpha value is -0.0800. The molecule has 0 spiro atoms. The van der Waals surface area contributed by atoms with E-state index in [0.717, 1.165) is 6.04 Å². The van der Waals surface area contributed by atoms with Gasteiger partial charge in [0.25, 0.3) is 0 Å². The first kappa shape index (κ1) is 13.0. The van der Waals surface area contributed by atoms with E-state index in [0.29, 0.717) is 0 Å². The van der Waals surface area contributed by atoms with Crippen molar-refractivity contribution < 1.29 is 0 Å². The van der Waals surface area contributed by atoms with Crippen molar-refractivity contribution in [2.75, 3.05) is 26.2 Å². The van der Waals surface area contributed by atoms with Crippen LogP contribution in [0.5, 0.6) is 0 Å². The normalized spacial score (nSPS) is 23.2. The van der Waals surface area contributed by atoms with Gasteiger partial charge in [0.1, 0.15) is 0 Å². The average Bonchev–Trinajstić information content (AvgIpc) is 2.25. The Labute approximate surface area is 95.4 Å². The van der Waals surface area contributed by atoms with Gasteiger partial charge in [0.2, 0.25) is 0 Å². The number of hydrogen-bond donors (Lipinski definition) is 1. The summed E-state index contributed by atoms with van der Waals surface area (Å²) in [7, 11) is 0. The van der Waals surface area contributed by atoms with E-state index in [1.807, 2.05) is 0 Å². The highest BCUT2D eigenvalue weighted by Crippen LogP contribution is 2.08. The van der Waals surface area contributed by atoms with Gasteiger partial charge in [0.05, 0.1) is 0 Å². The van der Waals surface area contributed by atoms with Crippen molar-refractivity contribution >= 4 is 0 Å². The molecule has 15 heavy (non-hydrogen) atoms. The van der Waals surface area contributed by atoms with E-state index in [9.17, 15) is 0 Å². The number of piperazine rings is 1. The van der Waals surface area contributed by atoms with E-state index in [2.05, 4.69) is 24.1 Å². The van der Waals surface area contributed by atoms with E-state index in [-0.39, 0.29) is 0 Å². The topological polar surface area (TPSA) is 15.3 Å². The molecule has 1 aliphatic heterocycles. The molecule has 0 aromatic carbocycles. The summed E-state index contributed by atoms with van der Waals surface area (Å²) in [5.41, 5.74) is 0. The molecular weight excluding hydrogens is 184 g/mol. The first-order valence-electron chi connectivity index (χ1n) is 6.79. The van der Waals surface area contributed by atoms with Crippen LogP contribution in [0.15, 0.2) is 0 Å². The SMILES string of the molecule is CCCCCCCCN1CCNC[C@@H]1C. The second-order valence-electron chi connectivity index (χ2n) is 4.86. The van der Waals surface area contributed by atoms with Crippen LogP contribution in [-0.2, 0) is 0 Å². The largest absolute Gasteiger partial charge is 0.314 e. The van der Waals surface area contributed by atoms with Crippen LogP contribution in [0.25, 0.3) is 0 Å². The first-order valence-corrected chi connectivity index (χ1v) is 6.79. The number of nitrogens with one attached hydrogen (secondary N) is 1. The Morgan fingerprint density at radius 2 is 1.87 bits per heavy atom. The number of rotatable bonds is 7. The second kappa shape index (κ2) is 8.12. The molecule has 1 atom stereocenters. The number of nitrogens with zero attached hydrogens (tertiary/aromatic N) is 1. The Bertz CT molecular complexity index is 147. The molecule has 1 N–H and O–H groups in total. The summed E-state index contributed by atoms with van der Waals surface area (Å²) in [4.78, 5) is 2.64. The molecular formula is C13H28N2. The minimum Gasteiger partial charge on any atom is -0.314 e. The van der Waals surface area contributed by atoms with Crippen molar-refractivity contribution in [3.8, 4) is 0 Å². The predicted molar refractivity (Wildman–Crippen MR) is 67.3 cm³/mol. The number of unbranched alkanes of at least 4 members (excludes halogenated alkanes) is 5. The highest BCUT2D eigenvalue weighted by molar-refractivity contribution is 4.75. The highest BCUT2D eigenvalue weighted by Gasteiger charge is 2.16. The standard InChI is InChI=1S/C13H28N2/c1-3-4-5-6-7-8-10-15-11-9-14-12-13(15)2/h13-14H,3-12H2,1-2H3/t13-/m0/s1. The van der Waals surface area contributed by atoms with Crippen molar-refractivity contribution in [3.63, 3.8) is 0 Å². The van der Waals surface area contributed by atoms with Crippen molar-refractivity contribution in [3.05, 3.63) is 0 Å². The van der Waals surface area contributed by atoms with Crippen LogP contribution in [0.1, 0.15) is 52.4 Å². The van der Waals surface area contributed by atoms with E-state index in [1.54, 1.807) is 0 Å². The Balaban J connectivity index is 1.94. The molecule has 0 bridgehead atoms. The highest BCUT2D eigenvalue weighted by atomic mass is 15.2. The average molecular weight is 212 g/mol.